The largest absolute Gasteiger partial charge is 0.336 e. The fourth-order valence-corrected chi connectivity index (χ4v) is 4.58. The molecule has 2 heterocycles. The number of rotatable bonds is 4. The van der Waals surface area contributed by atoms with Gasteiger partial charge in [0, 0.05) is 24.5 Å². The van der Waals surface area contributed by atoms with Crippen molar-refractivity contribution in [2.75, 3.05) is 13.1 Å². The first-order chi connectivity index (χ1) is 12.6. The Morgan fingerprint density at radius 2 is 2.00 bits per heavy atom. The minimum Gasteiger partial charge on any atom is -0.336 e. The summed E-state index contributed by atoms with van der Waals surface area (Å²) in [5, 5.41) is 3.15. The van der Waals surface area contributed by atoms with Crippen molar-refractivity contribution in [1.29, 1.82) is 0 Å². The smallest absolute Gasteiger partial charge is 0.324 e. The Morgan fingerprint density at radius 1 is 1.23 bits per heavy atom. The third-order valence-electron chi connectivity index (χ3n) is 4.87. The number of urea groups is 1. The molecule has 26 heavy (non-hydrogen) atoms. The highest BCUT2D eigenvalue weighted by Crippen LogP contribution is 2.33. The van der Waals surface area contributed by atoms with Crippen LogP contribution in [0.4, 0.5) is 4.79 Å². The lowest BCUT2D eigenvalue weighted by molar-refractivity contribution is -0.126. The fraction of sp³-hybridized carbons (Fsp3) is 0.421. The van der Waals surface area contributed by atoms with Crippen LogP contribution in [-0.4, -0.2) is 44.7 Å². The number of benzene rings is 1. The number of aromatic nitrogens is 2. The molecule has 4 rings (SSSR count). The number of imide groups is 1. The minimum atomic E-state index is -0.370. The molecule has 1 saturated heterocycles. The van der Waals surface area contributed by atoms with Crippen molar-refractivity contribution in [3.05, 3.63) is 41.7 Å². The minimum absolute atomic E-state index is 0.161. The SMILES string of the molecule is CC(Sc1nc2c(n1-c1ccccc1)CCCC2)C(=O)N1CCNC1=O. The van der Waals surface area contributed by atoms with Crippen LogP contribution in [0, 0.1) is 0 Å². The molecular formula is C19H22N4O2S. The lowest BCUT2D eigenvalue weighted by atomic mass is 10.0. The number of amides is 3. The number of para-hydroxylation sites is 1. The van der Waals surface area contributed by atoms with E-state index in [9.17, 15) is 9.59 Å². The number of imidazole rings is 1. The van der Waals surface area contributed by atoms with Gasteiger partial charge in [0.05, 0.1) is 10.9 Å². The second-order valence-corrected chi connectivity index (χ2v) is 7.96. The number of nitrogens with zero attached hydrogens (tertiary/aromatic N) is 3. The van der Waals surface area contributed by atoms with E-state index in [0.717, 1.165) is 42.2 Å². The molecule has 0 spiro atoms. The maximum Gasteiger partial charge on any atom is 0.324 e. The number of thioether (sulfide) groups is 1. The van der Waals surface area contributed by atoms with Crippen LogP contribution in [0.2, 0.25) is 0 Å². The molecular weight excluding hydrogens is 348 g/mol. The van der Waals surface area contributed by atoms with Gasteiger partial charge in [0.15, 0.2) is 5.16 Å². The van der Waals surface area contributed by atoms with Gasteiger partial charge in [-0.05, 0) is 44.7 Å². The summed E-state index contributed by atoms with van der Waals surface area (Å²) in [5.41, 5.74) is 3.47. The maximum absolute atomic E-state index is 12.7. The van der Waals surface area contributed by atoms with Gasteiger partial charge in [-0.1, -0.05) is 30.0 Å². The van der Waals surface area contributed by atoms with Gasteiger partial charge in [-0.3, -0.25) is 14.3 Å². The van der Waals surface area contributed by atoms with Crippen LogP contribution < -0.4 is 5.32 Å². The van der Waals surface area contributed by atoms with Crippen LogP contribution in [0.25, 0.3) is 5.69 Å². The third-order valence-corrected chi connectivity index (χ3v) is 5.91. The van der Waals surface area contributed by atoms with Crippen LogP contribution >= 0.6 is 11.8 Å². The van der Waals surface area contributed by atoms with Gasteiger partial charge in [-0.2, -0.15) is 0 Å². The number of fused-ring (bicyclic) bond motifs is 1. The Kier molecular flexibility index (Phi) is 4.72. The Morgan fingerprint density at radius 3 is 2.73 bits per heavy atom. The summed E-state index contributed by atoms with van der Waals surface area (Å²) in [4.78, 5) is 30.6. The van der Waals surface area contributed by atoms with Crippen molar-refractivity contribution in [3.8, 4) is 5.69 Å². The molecule has 1 aromatic carbocycles. The summed E-state index contributed by atoms with van der Waals surface area (Å²) in [5.74, 6) is -0.161. The molecule has 1 N–H and O–H groups in total. The molecule has 0 bridgehead atoms. The van der Waals surface area contributed by atoms with Crippen molar-refractivity contribution >= 4 is 23.7 Å². The summed E-state index contributed by atoms with van der Waals surface area (Å²) in [7, 11) is 0. The van der Waals surface area contributed by atoms with E-state index >= 15 is 0 Å². The molecule has 1 fully saturated rings. The first-order valence-corrected chi connectivity index (χ1v) is 9.95. The molecule has 0 radical (unpaired) electrons. The van der Waals surface area contributed by atoms with Gasteiger partial charge in [0.25, 0.3) is 0 Å². The van der Waals surface area contributed by atoms with E-state index in [4.69, 9.17) is 4.98 Å². The number of hydrogen-bond acceptors (Lipinski definition) is 4. The van der Waals surface area contributed by atoms with Crippen LogP contribution in [-0.2, 0) is 17.6 Å². The summed E-state index contributed by atoms with van der Waals surface area (Å²) in [6.45, 7) is 2.81. The average Bonchev–Trinajstić information content (AvgIpc) is 3.24. The van der Waals surface area contributed by atoms with Crippen LogP contribution in [0.15, 0.2) is 35.5 Å². The molecule has 2 aromatic rings. The van der Waals surface area contributed by atoms with Gasteiger partial charge >= 0.3 is 6.03 Å². The van der Waals surface area contributed by atoms with Crippen molar-refractivity contribution in [2.45, 2.75) is 43.0 Å². The normalized spacial score (nSPS) is 17.7. The number of carbonyl (C=O) groups excluding carboxylic acids is 2. The quantitative estimate of drug-likeness (QED) is 0.841. The number of hydrogen-bond donors (Lipinski definition) is 1. The molecule has 6 nitrogen and oxygen atoms in total. The fourth-order valence-electron chi connectivity index (χ4n) is 3.55. The van der Waals surface area contributed by atoms with Crippen molar-refractivity contribution in [3.63, 3.8) is 0 Å². The molecule has 0 saturated carbocycles. The molecule has 2 aliphatic rings. The second kappa shape index (κ2) is 7.15. The molecule has 3 amide bonds. The van der Waals surface area contributed by atoms with Crippen molar-refractivity contribution < 1.29 is 9.59 Å². The summed E-state index contributed by atoms with van der Waals surface area (Å²) in [6.07, 6.45) is 4.32. The Labute approximate surface area is 157 Å². The molecule has 136 valence electrons. The van der Waals surface area contributed by atoms with Gasteiger partial charge in [0.2, 0.25) is 5.91 Å². The first kappa shape index (κ1) is 17.1. The molecule has 1 aliphatic heterocycles. The van der Waals surface area contributed by atoms with E-state index in [2.05, 4.69) is 22.0 Å². The third kappa shape index (κ3) is 3.11. The lowest BCUT2D eigenvalue weighted by Crippen LogP contribution is -2.39. The van der Waals surface area contributed by atoms with Crippen molar-refractivity contribution in [2.24, 2.45) is 0 Å². The zero-order chi connectivity index (χ0) is 18.1. The highest BCUT2D eigenvalue weighted by molar-refractivity contribution is 8.00. The van der Waals surface area contributed by atoms with E-state index in [1.165, 1.54) is 22.4 Å². The number of aryl methyl sites for hydroxylation is 1. The second-order valence-electron chi connectivity index (χ2n) is 6.65. The molecule has 7 heteroatoms. The van der Waals surface area contributed by atoms with E-state index in [0.29, 0.717) is 13.1 Å². The van der Waals surface area contributed by atoms with E-state index in [-0.39, 0.29) is 17.2 Å². The van der Waals surface area contributed by atoms with Crippen LogP contribution in [0.5, 0.6) is 0 Å². The first-order valence-electron chi connectivity index (χ1n) is 9.07. The highest BCUT2D eigenvalue weighted by atomic mass is 32.2. The summed E-state index contributed by atoms with van der Waals surface area (Å²) < 4.78 is 2.19. The lowest BCUT2D eigenvalue weighted by Gasteiger charge is -2.18. The molecule has 1 atom stereocenters. The number of carbonyl (C=O) groups is 2. The Hall–Kier alpha value is -2.28. The zero-order valence-corrected chi connectivity index (χ0v) is 15.6. The highest BCUT2D eigenvalue weighted by Gasteiger charge is 2.32. The maximum atomic E-state index is 12.7. The van der Waals surface area contributed by atoms with Gasteiger partial charge < -0.3 is 5.32 Å². The summed E-state index contributed by atoms with van der Waals surface area (Å²) >= 11 is 1.44. The van der Waals surface area contributed by atoms with Gasteiger partial charge in [-0.25, -0.2) is 9.78 Å². The standard InChI is InChI=1S/C19H22N4O2S/c1-13(17(24)22-12-11-20-18(22)25)26-19-21-15-9-5-6-10-16(15)23(19)14-7-3-2-4-8-14/h2-4,7-8,13H,5-6,9-12H2,1H3,(H,20,25). The van der Waals surface area contributed by atoms with Gasteiger partial charge in [0.1, 0.15) is 0 Å². The van der Waals surface area contributed by atoms with Gasteiger partial charge in [-0.15, -0.1) is 0 Å². The predicted octanol–water partition coefficient (Wildman–Crippen LogP) is 2.78. The Bertz CT molecular complexity index is 834. The Balaban J connectivity index is 1.65. The average molecular weight is 370 g/mol. The summed E-state index contributed by atoms with van der Waals surface area (Å²) in [6, 6.07) is 9.87. The molecule has 1 unspecified atom stereocenters. The van der Waals surface area contributed by atoms with Crippen LogP contribution in [0.3, 0.4) is 0 Å². The van der Waals surface area contributed by atoms with Crippen molar-refractivity contribution in [1.82, 2.24) is 19.8 Å². The van der Waals surface area contributed by atoms with E-state index in [1.54, 1.807) is 0 Å². The predicted molar refractivity (Wildman–Crippen MR) is 101 cm³/mol. The van der Waals surface area contributed by atoms with Crippen LogP contribution in [0.1, 0.15) is 31.2 Å². The molecule has 1 aliphatic carbocycles. The monoisotopic (exact) mass is 370 g/mol. The van der Waals surface area contributed by atoms with E-state index < -0.39 is 0 Å². The van der Waals surface area contributed by atoms with E-state index in [1.807, 2.05) is 25.1 Å². The topological polar surface area (TPSA) is 67.2 Å². The molecule has 1 aromatic heterocycles. The zero-order valence-electron chi connectivity index (χ0n) is 14.8. The number of nitrogens with one attached hydrogen (secondary N) is 1.